The first kappa shape index (κ1) is 12.8. The molecule has 0 spiro atoms. The van der Waals surface area contributed by atoms with E-state index in [1.54, 1.807) is 17.3 Å². The van der Waals surface area contributed by atoms with Crippen LogP contribution in [0, 0.1) is 0 Å². The molecule has 0 saturated carbocycles. The maximum Gasteiger partial charge on any atom is 0.275 e. The average molecular weight is 294 g/mol. The van der Waals surface area contributed by atoms with Gasteiger partial charge in [-0.05, 0) is 6.07 Å². The number of aromatic nitrogens is 4. The smallest absolute Gasteiger partial charge is 0.275 e. The number of aromatic amines is 1. The molecule has 0 radical (unpaired) electrons. The number of carbonyl (C=O) groups excluding carboxylic acids is 1. The third kappa shape index (κ3) is 2.07. The van der Waals surface area contributed by atoms with Crippen molar-refractivity contribution in [1.29, 1.82) is 0 Å². The van der Waals surface area contributed by atoms with E-state index in [4.69, 9.17) is 0 Å². The van der Waals surface area contributed by atoms with Gasteiger partial charge >= 0.3 is 0 Å². The zero-order chi connectivity index (χ0) is 14.9. The summed E-state index contributed by atoms with van der Waals surface area (Å²) in [6.45, 7) is 1.65. The van der Waals surface area contributed by atoms with Gasteiger partial charge in [0, 0.05) is 30.9 Å². The number of rotatable bonds is 1. The number of anilines is 1. The van der Waals surface area contributed by atoms with Crippen LogP contribution >= 0.6 is 0 Å². The van der Waals surface area contributed by atoms with Crippen molar-refractivity contribution < 1.29 is 4.79 Å². The number of nitrogens with zero attached hydrogens (tertiary/aromatic N) is 4. The molecule has 1 aliphatic heterocycles. The highest BCUT2D eigenvalue weighted by Gasteiger charge is 2.24. The Bertz CT molecular complexity index is 843. The van der Waals surface area contributed by atoms with Crippen molar-refractivity contribution in [2.75, 3.05) is 18.4 Å². The Balaban J connectivity index is 1.68. The highest BCUT2D eigenvalue weighted by Crippen LogP contribution is 2.20. The van der Waals surface area contributed by atoms with E-state index in [-0.39, 0.29) is 5.91 Å². The molecule has 4 rings (SSSR count). The number of nitrogens with one attached hydrogen (secondary N) is 2. The number of H-pyrrole nitrogens is 1. The minimum atomic E-state index is -0.0993. The number of carbonyl (C=O) groups is 1. The van der Waals surface area contributed by atoms with Gasteiger partial charge in [0.05, 0.1) is 12.1 Å². The summed E-state index contributed by atoms with van der Waals surface area (Å²) in [7, 11) is 0. The maximum absolute atomic E-state index is 12.8. The third-order valence-electron chi connectivity index (χ3n) is 3.75. The number of fused-ring (bicyclic) bond motifs is 2. The van der Waals surface area contributed by atoms with E-state index in [9.17, 15) is 4.79 Å². The van der Waals surface area contributed by atoms with Gasteiger partial charge in [-0.15, -0.1) is 0 Å². The second-order valence-corrected chi connectivity index (χ2v) is 5.12. The molecule has 0 fully saturated rings. The van der Waals surface area contributed by atoms with Crippen LogP contribution in [0.4, 0.5) is 5.82 Å². The van der Waals surface area contributed by atoms with Gasteiger partial charge in [0.2, 0.25) is 0 Å². The summed E-state index contributed by atoms with van der Waals surface area (Å²) in [6.07, 6.45) is 3.28. The van der Waals surface area contributed by atoms with Crippen molar-refractivity contribution in [1.82, 2.24) is 25.1 Å². The lowest BCUT2D eigenvalue weighted by molar-refractivity contribution is 0.0747. The van der Waals surface area contributed by atoms with Gasteiger partial charge < -0.3 is 10.2 Å². The average Bonchev–Trinajstić information content (AvgIpc) is 2.86. The minimum Gasteiger partial charge on any atom is -0.367 e. The fourth-order valence-electron chi connectivity index (χ4n) is 2.65. The van der Waals surface area contributed by atoms with Crippen LogP contribution in [0.15, 0.2) is 36.7 Å². The van der Waals surface area contributed by atoms with E-state index in [0.29, 0.717) is 25.3 Å². The summed E-state index contributed by atoms with van der Waals surface area (Å²) < 4.78 is 0. The predicted octanol–water partition coefficient (Wildman–Crippen LogP) is 1.42. The standard InChI is InChI=1S/C15H14N6O/c22-15(13-10-3-1-2-4-11(10)19-20-13)21-8-7-18-14-12(9-21)16-5-6-17-14/h1-6H,7-9H2,(H,17,18)(H,19,20). The van der Waals surface area contributed by atoms with Crippen LogP contribution in [0.2, 0.25) is 0 Å². The Morgan fingerprint density at radius 1 is 1.18 bits per heavy atom. The lowest BCUT2D eigenvalue weighted by Crippen LogP contribution is -2.33. The van der Waals surface area contributed by atoms with E-state index >= 15 is 0 Å². The molecule has 0 saturated heterocycles. The Hall–Kier alpha value is -2.96. The van der Waals surface area contributed by atoms with Gasteiger partial charge in [-0.3, -0.25) is 14.9 Å². The minimum absolute atomic E-state index is 0.0993. The molecule has 0 unspecified atom stereocenters. The van der Waals surface area contributed by atoms with Gasteiger partial charge in [-0.2, -0.15) is 5.10 Å². The van der Waals surface area contributed by atoms with Crippen molar-refractivity contribution >= 4 is 22.6 Å². The van der Waals surface area contributed by atoms with Crippen LogP contribution in [-0.2, 0) is 6.54 Å². The van der Waals surface area contributed by atoms with Crippen LogP contribution in [-0.4, -0.2) is 44.1 Å². The van der Waals surface area contributed by atoms with Gasteiger partial charge in [0.15, 0.2) is 5.69 Å². The van der Waals surface area contributed by atoms with Gasteiger partial charge in [-0.1, -0.05) is 18.2 Å². The molecule has 2 N–H and O–H groups in total. The molecule has 3 heterocycles. The fraction of sp³-hybridized carbons (Fsp3) is 0.200. The number of amides is 1. The molecule has 7 nitrogen and oxygen atoms in total. The van der Waals surface area contributed by atoms with Crippen LogP contribution in [0.25, 0.3) is 10.9 Å². The van der Waals surface area contributed by atoms with Crippen molar-refractivity contribution in [2.45, 2.75) is 6.54 Å². The van der Waals surface area contributed by atoms with Crippen molar-refractivity contribution in [3.63, 3.8) is 0 Å². The summed E-state index contributed by atoms with van der Waals surface area (Å²) in [6, 6.07) is 7.62. The maximum atomic E-state index is 12.8. The number of hydrogen-bond acceptors (Lipinski definition) is 5. The van der Waals surface area contributed by atoms with E-state index in [1.165, 1.54) is 0 Å². The molecule has 110 valence electrons. The molecule has 3 aromatic rings. The monoisotopic (exact) mass is 294 g/mol. The van der Waals surface area contributed by atoms with E-state index in [0.717, 1.165) is 22.4 Å². The highest BCUT2D eigenvalue weighted by atomic mass is 16.2. The van der Waals surface area contributed by atoms with Crippen molar-refractivity contribution in [3.8, 4) is 0 Å². The van der Waals surface area contributed by atoms with Gasteiger partial charge in [-0.25, -0.2) is 4.98 Å². The van der Waals surface area contributed by atoms with E-state index in [1.807, 2.05) is 24.3 Å². The topological polar surface area (TPSA) is 86.8 Å². The summed E-state index contributed by atoms with van der Waals surface area (Å²) in [5, 5.41) is 11.1. The first-order valence-electron chi connectivity index (χ1n) is 7.09. The third-order valence-corrected chi connectivity index (χ3v) is 3.75. The lowest BCUT2D eigenvalue weighted by Gasteiger charge is -2.18. The highest BCUT2D eigenvalue weighted by molar-refractivity contribution is 6.04. The molecule has 7 heteroatoms. The summed E-state index contributed by atoms with van der Waals surface area (Å²) in [5.41, 5.74) is 2.08. The van der Waals surface area contributed by atoms with Crippen molar-refractivity contribution in [3.05, 3.63) is 48.0 Å². The second kappa shape index (κ2) is 5.10. The Morgan fingerprint density at radius 3 is 3.00 bits per heavy atom. The molecule has 2 aromatic heterocycles. The lowest BCUT2D eigenvalue weighted by atomic mass is 10.2. The van der Waals surface area contributed by atoms with Crippen molar-refractivity contribution in [2.24, 2.45) is 0 Å². The zero-order valence-electron chi connectivity index (χ0n) is 11.8. The molecule has 1 aliphatic rings. The van der Waals surface area contributed by atoms with Crippen LogP contribution < -0.4 is 5.32 Å². The first-order valence-corrected chi connectivity index (χ1v) is 7.09. The molecular weight excluding hydrogens is 280 g/mol. The Morgan fingerprint density at radius 2 is 2.05 bits per heavy atom. The normalized spacial score (nSPS) is 14.3. The van der Waals surface area contributed by atoms with Crippen LogP contribution in [0.5, 0.6) is 0 Å². The number of para-hydroxylation sites is 1. The largest absolute Gasteiger partial charge is 0.367 e. The molecule has 0 bridgehead atoms. The van der Waals surface area contributed by atoms with Gasteiger partial charge in [0.25, 0.3) is 5.91 Å². The quantitative estimate of drug-likeness (QED) is 0.709. The summed E-state index contributed by atoms with van der Waals surface area (Å²) in [4.78, 5) is 23.1. The molecule has 1 aromatic carbocycles. The van der Waals surface area contributed by atoms with Gasteiger partial charge in [0.1, 0.15) is 11.5 Å². The van der Waals surface area contributed by atoms with E-state index in [2.05, 4.69) is 25.5 Å². The Labute approximate surface area is 126 Å². The molecule has 1 amide bonds. The Kier molecular flexibility index (Phi) is 2.96. The SMILES string of the molecule is O=C(c1n[nH]c2ccccc12)N1CCNc2nccnc2C1. The van der Waals surface area contributed by atoms with Crippen LogP contribution in [0.1, 0.15) is 16.2 Å². The zero-order valence-corrected chi connectivity index (χ0v) is 11.8. The fourth-order valence-corrected chi connectivity index (χ4v) is 2.65. The summed E-state index contributed by atoms with van der Waals surface area (Å²) in [5.74, 6) is 0.641. The second-order valence-electron chi connectivity index (χ2n) is 5.12. The predicted molar refractivity (Wildman–Crippen MR) is 81.4 cm³/mol. The molecule has 0 aliphatic carbocycles. The number of benzene rings is 1. The number of hydrogen-bond donors (Lipinski definition) is 2. The first-order chi connectivity index (χ1) is 10.8. The summed E-state index contributed by atoms with van der Waals surface area (Å²) >= 11 is 0. The molecular formula is C15H14N6O. The van der Waals surface area contributed by atoms with Crippen LogP contribution in [0.3, 0.4) is 0 Å². The van der Waals surface area contributed by atoms with E-state index < -0.39 is 0 Å². The molecule has 22 heavy (non-hydrogen) atoms. The molecule has 0 atom stereocenters.